The van der Waals surface area contributed by atoms with Crippen LogP contribution in [0, 0.1) is 0 Å². The van der Waals surface area contributed by atoms with Crippen molar-refractivity contribution in [2.45, 2.75) is 23.7 Å². The lowest BCUT2D eigenvalue weighted by atomic mass is 10.3. The molecule has 0 saturated carbocycles. The van der Waals surface area contributed by atoms with Gasteiger partial charge in [0.25, 0.3) is 0 Å². The maximum atomic E-state index is 12.3. The molecule has 19 heavy (non-hydrogen) atoms. The van der Waals surface area contributed by atoms with E-state index in [9.17, 15) is 4.79 Å². The SMILES string of the molecule is C[C@H](Sc1ccccn1)C(=O)N(C)Cc1ccsc1. The summed E-state index contributed by atoms with van der Waals surface area (Å²) >= 11 is 3.14. The first-order valence-corrected chi connectivity index (χ1v) is 7.83. The normalized spacial score (nSPS) is 12.1. The van der Waals surface area contributed by atoms with Crippen molar-refractivity contribution in [3.8, 4) is 0 Å². The summed E-state index contributed by atoms with van der Waals surface area (Å²) in [4.78, 5) is 18.3. The van der Waals surface area contributed by atoms with Crippen molar-refractivity contribution < 1.29 is 4.79 Å². The minimum atomic E-state index is -0.126. The van der Waals surface area contributed by atoms with Crippen molar-refractivity contribution in [2.24, 2.45) is 0 Å². The zero-order valence-corrected chi connectivity index (χ0v) is 12.6. The quantitative estimate of drug-likeness (QED) is 0.793. The zero-order valence-electron chi connectivity index (χ0n) is 10.9. The van der Waals surface area contributed by atoms with Crippen LogP contribution in [0.4, 0.5) is 0 Å². The van der Waals surface area contributed by atoms with E-state index in [1.54, 1.807) is 22.4 Å². The Morgan fingerprint density at radius 3 is 2.95 bits per heavy atom. The lowest BCUT2D eigenvalue weighted by Gasteiger charge is -2.20. The first kappa shape index (κ1) is 14.1. The number of amides is 1. The largest absolute Gasteiger partial charge is 0.340 e. The van der Waals surface area contributed by atoms with Crippen molar-refractivity contribution in [2.75, 3.05) is 7.05 Å². The lowest BCUT2D eigenvalue weighted by molar-refractivity contribution is -0.129. The molecule has 0 aliphatic rings. The molecule has 0 unspecified atom stereocenters. The van der Waals surface area contributed by atoms with Gasteiger partial charge in [-0.05, 0) is 41.4 Å². The summed E-state index contributed by atoms with van der Waals surface area (Å²) in [6, 6.07) is 7.78. The van der Waals surface area contributed by atoms with E-state index < -0.39 is 0 Å². The number of thioether (sulfide) groups is 1. The number of pyridine rings is 1. The van der Waals surface area contributed by atoms with E-state index in [0.717, 1.165) is 5.03 Å². The third-order valence-corrected chi connectivity index (χ3v) is 4.43. The molecular weight excluding hydrogens is 276 g/mol. The van der Waals surface area contributed by atoms with Gasteiger partial charge in [0.05, 0.1) is 10.3 Å². The topological polar surface area (TPSA) is 33.2 Å². The van der Waals surface area contributed by atoms with E-state index in [0.29, 0.717) is 6.54 Å². The Labute approximate surface area is 121 Å². The molecule has 2 rings (SSSR count). The number of hydrogen-bond acceptors (Lipinski definition) is 4. The van der Waals surface area contributed by atoms with E-state index in [1.165, 1.54) is 17.3 Å². The molecule has 100 valence electrons. The molecule has 0 saturated heterocycles. The molecule has 0 fully saturated rings. The molecule has 0 aliphatic heterocycles. The molecule has 1 atom stereocenters. The second-order valence-corrected chi connectivity index (χ2v) is 6.40. The average Bonchev–Trinajstić information content (AvgIpc) is 2.91. The van der Waals surface area contributed by atoms with E-state index >= 15 is 0 Å². The molecule has 1 amide bonds. The van der Waals surface area contributed by atoms with Crippen LogP contribution in [-0.2, 0) is 11.3 Å². The summed E-state index contributed by atoms with van der Waals surface area (Å²) in [7, 11) is 1.84. The molecular formula is C14H16N2OS2. The fourth-order valence-corrected chi connectivity index (χ4v) is 3.27. The Bertz CT molecular complexity index is 514. The fraction of sp³-hybridized carbons (Fsp3) is 0.286. The highest BCUT2D eigenvalue weighted by Gasteiger charge is 2.19. The van der Waals surface area contributed by atoms with Gasteiger partial charge >= 0.3 is 0 Å². The first-order valence-electron chi connectivity index (χ1n) is 6.00. The summed E-state index contributed by atoms with van der Waals surface area (Å²) in [6.45, 7) is 2.58. The number of carbonyl (C=O) groups excluding carboxylic acids is 1. The highest BCUT2D eigenvalue weighted by atomic mass is 32.2. The summed E-state index contributed by atoms with van der Waals surface area (Å²) in [5, 5.41) is 4.85. The monoisotopic (exact) mass is 292 g/mol. The highest BCUT2D eigenvalue weighted by molar-refractivity contribution is 8.00. The average molecular weight is 292 g/mol. The molecule has 2 heterocycles. The minimum absolute atomic E-state index is 0.126. The number of thiophene rings is 1. The molecule has 5 heteroatoms. The predicted octanol–water partition coefficient (Wildman–Crippen LogP) is 3.28. The Kier molecular flexibility index (Phi) is 4.99. The maximum absolute atomic E-state index is 12.3. The minimum Gasteiger partial charge on any atom is -0.340 e. The summed E-state index contributed by atoms with van der Waals surface area (Å²) < 4.78 is 0. The van der Waals surface area contributed by atoms with Gasteiger partial charge in [0, 0.05) is 19.8 Å². The molecule has 0 radical (unpaired) electrons. The van der Waals surface area contributed by atoms with Crippen molar-refractivity contribution in [3.63, 3.8) is 0 Å². The van der Waals surface area contributed by atoms with Crippen LogP contribution in [0.2, 0.25) is 0 Å². The predicted molar refractivity (Wildman–Crippen MR) is 80.3 cm³/mol. The maximum Gasteiger partial charge on any atom is 0.235 e. The van der Waals surface area contributed by atoms with Gasteiger partial charge in [-0.15, -0.1) is 0 Å². The number of nitrogens with zero attached hydrogens (tertiary/aromatic N) is 2. The molecule has 3 nitrogen and oxygen atoms in total. The van der Waals surface area contributed by atoms with Gasteiger partial charge < -0.3 is 4.90 Å². The molecule has 2 aromatic rings. The van der Waals surface area contributed by atoms with Gasteiger partial charge in [0.2, 0.25) is 5.91 Å². The zero-order chi connectivity index (χ0) is 13.7. The van der Waals surface area contributed by atoms with Gasteiger partial charge in [0.1, 0.15) is 0 Å². The smallest absolute Gasteiger partial charge is 0.235 e. The van der Waals surface area contributed by atoms with E-state index in [-0.39, 0.29) is 11.2 Å². The van der Waals surface area contributed by atoms with Crippen LogP contribution in [0.5, 0.6) is 0 Å². The van der Waals surface area contributed by atoms with Crippen LogP contribution in [0.15, 0.2) is 46.2 Å². The van der Waals surface area contributed by atoms with E-state index in [1.807, 2.05) is 43.6 Å². The van der Waals surface area contributed by atoms with E-state index in [4.69, 9.17) is 0 Å². The van der Waals surface area contributed by atoms with Crippen molar-refractivity contribution in [3.05, 3.63) is 46.8 Å². The van der Waals surface area contributed by atoms with Gasteiger partial charge in [-0.3, -0.25) is 4.79 Å². The van der Waals surface area contributed by atoms with Crippen LogP contribution < -0.4 is 0 Å². The van der Waals surface area contributed by atoms with Crippen LogP contribution in [-0.4, -0.2) is 28.1 Å². The molecule has 2 aromatic heterocycles. The number of aromatic nitrogens is 1. The third-order valence-electron chi connectivity index (χ3n) is 2.66. The summed E-state index contributed by atoms with van der Waals surface area (Å²) in [5.74, 6) is 0.127. The lowest BCUT2D eigenvalue weighted by Crippen LogP contribution is -2.32. The van der Waals surface area contributed by atoms with Gasteiger partial charge in [-0.25, -0.2) is 4.98 Å². The van der Waals surface area contributed by atoms with Crippen LogP contribution in [0.1, 0.15) is 12.5 Å². The molecule has 0 bridgehead atoms. The Balaban J connectivity index is 1.91. The van der Waals surface area contributed by atoms with Gasteiger partial charge in [-0.1, -0.05) is 17.8 Å². The molecule has 0 aromatic carbocycles. The third kappa shape index (κ3) is 4.08. The molecule has 0 N–H and O–H groups in total. The summed E-state index contributed by atoms with van der Waals surface area (Å²) in [6.07, 6.45) is 1.74. The van der Waals surface area contributed by atoms with Crippen molar-refractivity contribution in [1.29, 1.82) is 0 Å². The second kappa shape index (κ2) is 6.73. The van der Waals surface area contributed by atoms with Crippen LogP contribution >= 0.6 is 23.1 Å². The number of rotatable bonds is 5. The Morgan fingerprint density at radius 2 is 2.32 bits per heavy atom. The Hall–Kier alpha value is -1.33. The molecule has 0 spiro atoms. The second-order valence-electron chi connectivity index (χ2n) is 4.25. The Morgan fingerprint density at radius 1 is 1.47 bits per heavy atom. The number of hydrogen-bond donors (Lipinski definition) is 0. The van der Waals surface area contributed by atoms with Crippen LogP contribution in [0.25, 0.3) is 0 Å². The molecule has 0 aliphatic carbocycles. The van der Waals surface area contributed by atoms with Crippen molar-refractivity contribution in [1.82, 2.24) is 9.88 Å². The first-order chi connectivity index (χ1) is 9.16. The number of carbonyl (C=O) groups is 1. The highest BCUT2D eigenvalue weighted by Crippen LogP contribution is 2.22. The van der Waals surface area contributed by atoms with Gasteiger partial charge in [0.15, 0.2) is 0 Å². The fourth-order valence-electron chi connectivity index (χ4n) is 1.69. The summed E-state index contributed by atoms with van der Waals surface area (Å²) in [5.41, 5.74) is 1.18. The van der Waals surface area contributed by atoms with E-state index in [2.05, 4.69) is 10.4 Å². The van der Waals surface area contributed by atoms with Crippen molar-refractivity contribution >= 4 is 29.0 Å². The van der Waals surface area contributed by atoms with Crippen LogP contribution in [0.3, 0.4) is 0 Å². The van der Waals surface area contributed by atoms with Gasteiger partial charge in [-0.2, -0.15) is 11.3 Å². The standard InChI is InChI=1S/C14H16N2OS2/c1-11(19-13-5-3-4-7-15-13)14(17)16(2)9-12-6-8-18-10-12/h3-8,10-11H,9H2,1-2H3/t11-/m0/s1.